The lowest BCUT2D eigenvalue weighted by Crippen LogP contribution is -2.07. The Labute approximate surface area is 73.9 Å². The van der Waals surface area contributed by atoms with Crippen molar-refractivity contribution in [2.24, 2.45) is 11.7 Å². The van der Waals surface area contributed by atoms with Crippen molar-refractivity contribution in [3.8, 4) is 0 Å². The smallest absolute Gasteiger partial charge is 0.0361 e. The third kappa shape index (κ3) is 3.37. The predicted octanol–water partition coefficient (Wildman–Crippen LogP) is 0.880. The number of hydrogen-bond donors (Lipinski definition) is 2. The molecule has 0 fully saturated rings. The van der Waals surface area contributed by atoms with Crippen LogP contribution in [0.5, 0.6) is 0 Å². The summed E-state index contributed by atoms with van der Waals surface area (Å²) in [6, 6.07) is 8.48. The summed E-state index contributed by atoms with van der Waals surface area (Å²) in [7, 11) is 4.09. The van der Waals surface area contributed by atoms with Gasteiger partial charge in [-0.25, -0.2) is 0 Å². The van der Waals surface area contributed by atoms with E-state index in [1.54, 1.807) is 0 Å². The van der Waals surface area contributed by atoms with Gasteiger partial charge in [-0.1, -0.05) is 17.7 Å². The molecule has 0 aliphatic rings. The largest absolute Gasteiger partial charge is 0.378 e. The third-order valence-corrected chi connectivity index (χ3v) is 1.55. The van der Waals surface area contributed by atoms with E-state index in [0.717, 1.165) is 0 Å². The van der Waals surface area contributed by atoms with Crippen LogP contribution in [-0.2, 0) is 0 Å². The SMILES string of the molecule is Cc1ccc(N(C)C)cc1.NN. The summed E-state index contributed by atoms with van der Waals surface area (Å²) in [4.78, 5) is 2.10. The summed E-state index contributed by atoms with van der Waals surface area (Å²) in [6.45, 7) is 2.10. The van der Waals surface area contributed by atoms with Gasteiger partial charge in [0.15, 0.2) is 0 Å². The predicted molar refractivity (Wildman–Crippen MR) is 53.9 cm³/mol. The van der Waals surface area contributed by atoms with Gasteiger partial charge in [0.2, 0.25) is 0 Å². The molecule has 0 saturated carbocycles. The van der Waals surface area contributed by atoms with E-state index < -0.39 is 0 Å². The molecule has 0 aliphatic carbocycles. The highest BCUT2D eigenvalue weighted by atomic mass is 15.1. The molecule has 1 rings (SSSR count). The molecule has 0 unspecified atom stereocenters. The zero-order valence-electron chi connectivity index (χ0n) is 7.91. The quantitative estimate of drug-likeness (QED) is 0.482. The lowest BCUT2D eigenvalue weighted by Gasteiger charge is -2.11. The molecule has 0 aromatic heterocycles. The number of hydrogen-bond acceptors (Lipinski definition) is 3. The molecule has 0 amide bonds. The summed E-state index contributed by atoms with van der Waals surface area (Å²) in [5, 5.41) is 0. The number of nitrogens with two attached hydrogens (primary N) is 2. The molecule has 0 heterocycles. The van der Waals surface area contributed by atoms with Gasteiger partial charge in [0.05, 0.1) is 0 Å². The molecular weight excluding hydrogens is 150 g/mol. The Morgan fingerprint density at radius 1 is 1.00 bits per heavy atom. The lowest BCUT2D eigenvalue weighted by atomic mass is 10.2. The van der Waals surface area contributed by atoms with E-state index in [1.807, 2.05) is 14.1 Å². The Morgan fingerprint density at radius 3 is 1.75 bits per heavy atom. The minimum absolute atomic E-state index is 1.26. The second-order valence-electron chi connectivity index (χ2n) is 2.73. The first kappa shape index (κ1) is 10.9. The molecule has 1 aromatic rings. The Bertz CT molecular complexity index is 204. The topological polar surface area (TPSA) is 55.3 Å². The van der Waals surface area contributed by atoms with E-state index in [-0.39, 0.29) is 0 Å². The van der Waals surface area contributed by atoms with E-state index in [0.29, 0.717) is 0 Å². The van der Waals surface area contributed by atoms with Gasteiger partial charge in [-0.15, -0.1) is 0 Å². The second kappa shape index (κ2) is 5.57. The maximum absolute atomic E-state index is 4.00. The monoisotopic (exact) mass is 167 g/mol. The molecule has 0 bridgehead atoms. The molecule has 12 heavy (non-hydrogen) atoms. The Morgan fingerprint density at radius 2 is 1.42 bits per heavy atom. The maximum atomic E-state index is 4.00. The fourth-order valence-electron chi connectivity index (χ4n) is 0.843. The molecule has 3 nitrogen and oxygen atoms in total. The van der Waals surface area contributed by atoms with Crippen LogP contribution >= 0.6 is 0 Å². The van der Waals surface area contributed by atoms with Gasteiger partial charge in [-0.2, -0.15) is 0 Å². The van der Waals surface area contributed by atoms with Crippen molar-refractivity contribution in [2.75, 3.05) is 19.0 Å². The number of nitrogens with zero attached hydrogens (tertiary/aromatic N) is 1. The van der Waals surface area contributed by atoms with Gasteiger partial charge < -0.3 is 4.90 Å². The number of aryl methyl sites for hydroxylation is 1. The minimum atomic E-state index is 1.26. The van der Waals surface area contributed by atoms with Crippen LogP contribution in [0.15, 0.2) is 24.3 Å². The van der Waals surface area contributed by atoms with Crippen molar-refractivity contribution in [2.45, 2.75) is 6.92 Å². The molecule has 3 heteroatoms. The van der Waals surface area contributed by atoms with Crippen LogP contribution in [0.25, 0.3) is 0 Å². The van der Waals surface area contributed by atoms with Gasteiger partial charge in [-0.05, 0) is 19.1 Å². The highest BCUT2D eigenvalue weighted by molar-refractivity contribution is 5.45. The van der Waals surface area contributed by atoms with Crippen LogP contribution in [0.1, 0.15) is 5.56 Å². The fourth-order valence-corrected chi connectivity index (χ4v) is 0.843. The Balaban J connectivity index is 0.000000561. The number of rotatable bonds is 1. The second-order valence-corrected chi connectivity index (χ2v) is 2.73. The molecule has 68 valence electrons. The molecule has 0 saturated heterocycles. The third-order valence-electron chi connectivity index (χ3n) is 1.55. The van der Waals surface area contributed by atoms with Gasteiger partial charge in [0.1, 0.15) is 0 Å². The molecular formula is C9H17N3. The first-order valence-electron chi connectivity index (χ1n) is 3.77. The van der Waals surface area contributed by atoms with Crippen molar-refractivity contribution in [1.29, 1.82) is 0 Å². The van der Waals surface area contributed by atoms with Crippen molar-refractivity contribution in [3.63, 3.8) is 0 Å². The summed E-state index contributed by atoms with van der Waals surface area (Å²) in [5.41, 5.74) is 2.57. The molecule has 0 spiro atoms. The van der Waals surface area contributed by atoms with Gasteiger partial charge in [0, 0.05) is 19.8 Å². The van der Waals surface area contributed by atoms with Crippen LogP contribution in [0.3, 0.4) is 0 Å². The van der Waals surface area contributed by atoms with Crippen LogP contribution in [0.4, 0.5) is 5.69 Å². The van der Waals surface area contributed by atoms with Crippen LogP contribution in [0, 0.1) is 6.92 Å². The molecule has 4 N–H and O–H groups in total. The van der Waals surface area contributed by atoms with E-state index in [2.05, 4.69) is 47.8 Å². The minimum Gasteiger partial charge on any atom is -0.378 e. The normalized spacial score (nSPS) is 8.42. The highest BCUT2D eigenvalue weighted by Gasteiger charge is 1.90. The van der Waals surface area contributed by atoms with Gasteiger partial charge >= 0.3 is 0 Å². The lowest BCUT2D eigenvalue weighted by molar-refractivity contribution is 1.13. The summed E-state index contributed by atoms with van der Waals surface area (Å²) in [5.74, 6) is 8.00. The number of hydrazine groups is 1. The maximum Gasteiger partial charge on any atom is 0.0361 e. The van der Waals surface area contributed by atoms with E-state index >= 15 is 0 Å². The molecule has 0 radical (unpaired) electrons. The highest BCUT2D eigenvalue weighted by Crippen LogP contribution is 2.10. The average Bonchev–Trinajstić information content (AvgIpc) is 2.09. The standard InChI is InChI=1S/C9H13N.H4N2/c1-8-4-6-9(7-5-8)10(2)3;1-2/h4-7H,1-3H3;1-2H2. The first-order valence-corrected chi connectivity index (χ1v) is 3.77. The van der Waals surface area contributed by atoms with Crippen molar-refractivity contribution < 1.29 is 0 Å². The van der Waals surface area contributed by atoms with Crippen LogP contribution in [-0.4, -0.2) is 14.1 Å². The number of anilines is 1. The summed E-state index contributed by atoms with van der Waals surface area (Å²) < 4.78 is 0. The van der Waals surface area contributed by atoms with Crippen LogP contribution in [0.2, 0.25) is 0 Å². The summed E-state index contributed by atoms with van der Waals surface area (Å²) >= 11 is 0. The Kier molecular flexibility index (Phi) is 5.08. The molecule has 0 aliphatic heterocycles. The Hall–Kier alpha value is -1.06. The van der Waals surface area contributed by atoms with E-state index in [4.69, 9.17) is 0 Å². The van der Waals surface area contributed by atoms with Crippen LogP contribution < -0.4 is 16.6 Å². The van der Waals surface area contributed by atoms with E-state index in [1.165, 1.54) is 11.3 Å². The average molecular weight is 167 g/mol. The first-order chi connectivity index (χ1) is 5.70. The van der Waals surface area contributed by atoms with Gasteiger partial charge in [0.25, 0.3) is 0 Å². The number of benzene rings is 1. The van der Waals surface area contributed by atoms with E-state index in [9.17, 15) is 0 Å². The van der Waals surface area contributed by atoms with Crippen molar-refractivity contribution >= 4 is 5.69 Å². The zero-order valence-corrected chi connectivity index (χ0v) is 7.91. The van der Waals surface area contributed by atoms with Crippen molar-refractivity contribution in [1.82, 2.24) is 0 Å². The fraction of sp³-hybridized carbons (Fsp3) is 0.333. The molecule has 0 atom stereocenters. The van der Waals surface area contributed by atoms with Crippen molar-refractivity contribution in [3.05, 3.63) is 29.8 Å². The molecule has 1 aromatic carbocycles. The zero-order chi connectivity index (χ0) is 9.56. The summed E-state index contributed by atoms with van der Waals surface area (Å²) in [6.07, 6.45) is 0. The van der Waals surface area contributed by atoms with Gasteiger partial charge in [-0.3, -0.25) is 11.7 Å².